The average molecular weight is 228 g/mol. The standard InChI is InChI=1S/C9H12N2O5/c1-6(9(12)15-2)10-5-7-3-4-8(16-7)11(13)14/h3-4,6,10H,5H2,1-2H3/t6-/m0/s1. The van der Waals surface area contributed by atoms with Gasteiger partial charge in [0.25, 0.3) is 0 Å². The number of carbonyl (C=O) groups is 1. The number of furan rings is 1. The number of nitro groups is 1. The molecule has 0 radical (unpaired) electrons. The minimum Gasteiger partial charge on any atom is -0.468 e. The van der Waals surface area contributed by atoms with E-state index in [1.165, 1.54) is 19.2 Å². The first-order chi connectivity index (χ1) is 7.54. The van der Waals surface area contributed by atoms with Gasteiger partial charge < -0.3 is 9.15 Å². The van der Waals surface area contributed by atoms with Gasteiger partial charge in [-0.3, -0.25) is 20.2 Å². The molecule has 0 saturated heterocycles. The second-order valence-electron chi connectivity index (χ2n) is 3.12. The molecule has 1 heterocycles. The summed E-state index contributed by atoms with van der Waals surface area (Å²) in [4.78, 5) is 20.7. The molecule has 88 valence electrons. The van der Waals surface area contributed by atoms with E-state index in [-0.39, 0.29) is 12.4 Å². The maximum absolute atomic E-state index is 11.0. The molecule has 0 bridgehead atoms. The van der Waals surface area contributed by atoms with Crippen molar-refractivity contribution in [3.05, 3.63) is 28.0 Å². The topological polar surface area (TPSA) is 94.6 Å². The Balaban J connectivity index is 2.48. The summed E-state index contributed by atoms with van der Waals surface area (Å²) in [6.45, 7) is 1.85. The Labute approximate surface area is 91.5 Å². The number of nitrogens with zero attached hydrogens (tertiary/aromatic N) is 1. The fraction of sp³-hybridized carbons (Fsp3) is 0.444. The van der Waals surface area contributed by atoms with Crippen LogP contribution in [0.15, 0.2) is 16.5 Å². The van der Waals surface area contributed by atoms with E-state index in [0.29, 0.717) is 5.76 Å². The van der Waals surface area contributed by atoms with Crippen molar-refractivity contribution in [2.24, 2.45) is 0 Å². The maximum Gasteiger partial charge on any atom is 0.433 e. The third-order valence-electron chi connectivity index (χ3n) is 1.96. The van der Waals surface area contributed by atoms with E-state index in [1.807, 2.05) is 0 Å². The highest BCUT2D eigenvalue weighted by atomic mass is 16.6. The Hall–Kier alpha value is -1.89. The van der Waals surface area contributed by atoms with Gasteiger partial charge in [0.15, 0.2) is 0 Å². The molecule has 1 N–H and O–H groups in total. The molecule has 1 aromatic rings. The number of nitrogens with one attached hydrogen (secondary N) is 1. The van der Waals surface area contributed by atoms with Crippen molar-refractivity contribution in [1.82, 2.24) is 5.32 Å². The van der Waals surface area contributed by atoms with Crippen molar-refractivity contribution >= 4 is 11.9 Å². The quantitative estimate of drug-likeness (QED) is 0.456. The molecule has 7 nitrogen and oxygen atoms in total. The van der Waals surface area contributed by atoms with E-state index in [2.05, 4.69) is 10.1 Å². The van der Waals surface area contributed by atoms with Crippen LogP contribution in [0, 0.1) is 10.1 Å². The highest BCUT2D eigenvalue weighted by Gasteiger charge is 2.15. The Bertz CT molecular complexity index is 387. The van der Waals surface area contributed by atoms with Gasteiger partial charge in [0.2, 0.25) is 0 Å². The van der Waals surface area contributed by atoms with Gasteiger partial charge in [-0.05, 0) is 13.0 Å². The number of hydrogen-bond acceptors (Lipinski definition) is 6. The van der Waals surface area contributed by atoms with Gasteiger partial charge in [0, 0.05) is 0 Å². The van der Waals surface area contributed by atoms with Gasteiger partial charge in [-0.15, -0.1) is 0 Å². The van der Waals surface area contributed by atoms with Crippen molar-refractivity contribution in [1.29, 1.82) is 0 Å². The molecule has 16 heavy (non-hydrogen) atoms. The Morgan fingerprint density at radius 1 is 1.69 bits per heavy atom. The summed E-state index contributed by atoms with van der Waals surface area (Å²) in [5.41, 5.74) is 0. The van der Waals surface area contributed by atoms with Crippen LogP contribution >= 0.6 is 0 Å². The first-order valence-electron chi connectivity index (χ1n) is 4.59. The molecule has 0 fully saturated rings. The molecule has 0 saturated carbocycles. The first-order valence-corrected chi connectivity index (χ1v) is 4.59. The summed E-state index contributed by atoms with van der Waals surface area (Å²) < 4.78 is 9.40. The lowest BCUT2D eigenvalue weighted by molar-refractivity contribution is -0.402. The lowest BCUT2D eigenvalue weighted by atomic mass is 10.3. The van der Waals surface area contributed by atoms with E-state index in [9.17, 15) is 14.9 Å². The smallest absolute Gasteiger partial charge is 0.433 e. The van der Waals surface area contributed by atoms with Gasteiger partial charge in [0.1, 0.15) is 16.7 Å². The number of rotatable bonds is 5. The Morgan fingerprint density at radius 2 is 2.38 bits per heavy atom. The van der Waals surface area contributed by atoms with Crippen LogP contribution in [0.25, 0.3) is 0 Å². The number of esters is 1. The second-order valence-corrected chi connectivity index (χ2v) is 3.12. The van der Waals surface area contributed by atoms with Gasteiger partial charge in [-0.25, -0.2) is 0 Å². The number of hydrogen-bond donors (Lipinski definition) is 1. The summed E-state index contributed by atoms with van der Waals surface area (Å²) in [6, 6.07) is 2.25. The SMILES string of the molecule is COC(=O)[C@H](C)NCc1ccc([N+](=O)[O-])o1. The number of ether oxygens (including phenoxy) is 1. The predicted molar refractivity (Wildman–Crippen MR) is 53.7 cm³/mol. The largest absolute Gasteiger partial charge is 0.468 e. The molecule has 0 aromatic carbocycles. The highest BCUT2D eigenvalue weighted by molar-refractivity contribution is 5.75. The molecule has 0 unspecified atom stereocenters. The van der Waals surface area contributed by atoms with E-state index >= 15 is 0 Å². The molecule has 0 amide bonds. The van der Waals surface area contributed by atoms with Gasteiger partial charge in [-0.1, -0.05) is 0 Å². The minimum atomic E-state index is -0.618. The summed E-state index contributed by atoms with van der Waals surface area (Å²) in [7, 11) is 1.29. The van der Waals surface area contributed by atoms with Crippen molar-refractivity contribution in [3.63, 3.8) is 0 Å². The third-order valence-corrected chi connectivity index (χ3v) is 1.96. The number of carbonyl (C=O) groups excluding carboxylic acids is 1. The predicted octanol–water partition coefficient (Wildman–Crippen LogP) is 0.839. The molecule has 0 aliphatic heterocycles. The zero-order valence-corrected chi connectivity index (χ0v) is 8.93. The van der Waals surface area contributed by atoms with Crippen LogP contribution in [-0.4, -0.2) is 24.0 Å². The monoisotopic (exact) mass is 228 g/mol. The van der Waals surface area contributed by atoms with E-state index in [1.54, 1.807) is 6.92 Å². The summed E-state index contributed by atoms with van der Waals surface area (Å²) in [5.74, 6) is -0.328. The van der Waals surface area contributed by atoms with Crippen LogP contribution in [0.4, 0.5) is 5.88 Å². The summed E-state index contributed by atoms with van der Waals surface area (Å²) in [5, 5.41) is 13.1. The normalized spacial score (nSPS) is 12.1. The fourth-order valence-corrected chi connectivity index (χ4v) is 1.07. The molecule has 1 atom stereocenters. The molecule has 1 rings (SSSR count). The highest BCUT2D eigenvalue weighted by Crippen LogP contribution is 2.15. The van der Waals surface area contributed by atoms with E-state index < -0.39 is 16.9 Å². The minimum absolute atomic E-state index is 0.226. The number of methoxy groups -OCH3 is 1. The average Bonchev–Trinajstić information content (AvgIpc) is 2.73. The Morgan fingerprint density at radius 3 is 2.88 bits per heavy atom. The molecular weight excluding hydrogens is 216 g/mol. The van der Waals surface area contributed by atoms with Crippen molar-refractivity contribution in [3.8, 4) is 0 Å². The lowest BCUT2D eigenvalue weighted by Gasteiger charge is -2.09. The van der Waals surface area contributed by atoms with Gasteiger partial charge >= 0.3 is 11.9 Å². The van der Waals surface area contributed by atoms with Crippen molar-refractivity contribution < 1.29 is 18.9 Å². The van der Waals surface area contributed by atoms with Crippen LogP contribution in [0.2, 0.25) is 0 Å². The van der Waals surface area contributed by atoms with Gasteiger partial charge in [-0.2, -0.15) is 0 Å². The van der Waals surface area contributed by atoms with E-state index in [0.717, 1.165) is 0 Å². The second kappa shape index (κ2) is 5.26. The molecule has 1 aromatic heterocycles. The third kappa shape index (κ3) is 3.06. The Kier molecular flexibility index (Phi) is 4.01. The summed E-state index contributed by atoms with van der Waals surface area (Å²) >= 11 is 0. The van der Waals surface area contributed by atoms with Crippen molar-refractivity contribution in [2.75, 3.05) is 7.11 Å². The molecule has 0 spiro atoms. The lowest BCUT2D eigenvalue weighted by Crippen LogP contribution is -2.34. The van der Waals surface area contributed by atoms with Crippen LogP contribution < -0.4 is 5.32 Å². The zero-order chi connectivity index (χ0) is 12.1. The van der Waals surface area contributed by atoms with Crippen LogP contribution in [0.3, 0.4) is 0 Å². The summed E-state index contributed by atoms with van der Waals surface area (Å²) in [6.07, 6.45) is 0. The first kappa shape index (κ1) is 12.2. The van der Waals surface area contributed by atoms with Crippen molar-refractivity contribution in [2.45, 2.75) is 19.5 Å². The zero-order valence-electron chi connectivity index (χ0n) is 8.93. The van der Waals surface area contributed by atoms with Crippen LogP contribution in [0.1, 0.15) is 12.7 Å². The van der Waals surface area contributed by atoms with E-state index in [4.69, 9.17) is 4.42 Å². The molecule has 7 heteroatoms. The molecule has 0 aliphatic carbocycles. The van der Waals surface area contributed by atoms with Gasteiger partial charge in [0.05, 0.1) is 19.7 Å². The fourth-order valence-electron chi connectivity index (χ4n) is 1.07. The molecular formula is C9H12N2O5. The van der Waals surface area contributed by atoms with Crippen LogP contribution in [0.5, 0.6) is 0 Å². The molecule has 0 aliphatic rings. The maximum atomic E-state index is 11.0. The van der Waals surface area contributed by atoms with Crippen LogP contribution in [-0.2, 0) is 16.1 Å².